The fourth-order valence-corrected chi connectivity index (χ4v) is 3.84. The Morgan fingerprint density at radius 1 is 1.29 bits per heavy atom. The minimum atomic E-state index is -0.476. The summed E-state index contributed by atoms with van der Waals surface area (Å²) in [5.74, 6) is -0.269. The van der Waals surface area contributed by atoms with Crippen LogP contribution in [0.2, 0.25) is 0 Å². The van der Waals surface area contributed by atoms with Crippen molar-refractivity contribution in [2.24, 2.45) is 16.7 Å². The highest BCUT2D eigenvalue weighted by Gasteiger charge is 2.43. The molecule has 0 amide bonds. The molecule has 1 aliphatic carbocycles. The molecule has 1 aliphatic rings. The van der Waals surface area contributed by atoms with E-state index in [-0.39, 0.29) is 35.6 Å². The van der Waals surface area contributed by atoms with E-state index in [2.05, 4.69) is 27.4 Å². The molecular weight excluding hydrogens is 268 g/mol. The lowest BCUT2D eigenvalue weighted by Gasteiger charge is -2.46. The van der Waals surface area contributed by atoms with Crippen LogP contribution in [0.25, 0.3) is 0 Å². The van der Waals surface area contributed by atoms with Gasteiger partial charge in [-0.1, -0.05) is 27.4 Å². The lowest BCUT2D eigenvalue weighted by Crippen LogP contribution is -2.41. The predicted molar refractivity (Wildman–Crippen MR) is 81.9 cm³/mol. The average Bonchev–Trinajstić information content (AvgIpc) is 2.35. The van der Waals surface area contributed by atoms with Crippen molar-refractivity contribution in [1.82, 2.24) is 0 Å². The fourth-order valence-electron chi connectivity index (χ4n) is 3.84. The second kappa shape index (κ2) is 7.21. The summed E-state index contributed by atoms with van der Waals surface area (Å²) in [5, 5.41) is 0. The number of ether oxygens (including phenoxy) is 2. The minimum absolute atomic E-state index is 0.0244. The Morgan fingerprint density at radius 2 is 1.95 bits per heavy atom. The van der Waals surface area contributed by atoms with Gasteiger partial charge in [0.15, 0.2) is 0 Å². The number of Topliss-reactive ketones (excluding diaryl/α,β-unsaturated/α-hetero) is 1. The first-order valence-corrected chi connectivity index (χ1v) is 7.52. The average molecular weight is 296 g/mol. The molecule has 2 unspecified atom stereocenters. The van der Waals surface area contributed by atoms with E-state index >= 15 is 0 Å². The van der Waals surface area contributed by atoms with Crippen molar-refractivity contribution in [1.29, 1.82) is 0 Å². The molecule has 0 aromatic heterocycles. The molecule has 21 heavy (non-hydrogen) atoms. The molecule has 0 N–H and O–H groups in total. The number of carbonyl (C=O) groups is 2. The van der Waals surface area contributed by atoms with Gasteiger partial charge in [-0.05, 0) is 30.1 Å². The quantitative estimate of drug-likeness (QED) is 0.535. The summed E-state index contributed by atoms with van der Waals surface area (Å²) < 4.78 is 10.2. The first-order chi connectivity index (χ1) is 9.71. The van der Waals surface area contributed by atoms with Crippen LogP contribution in [0.4, 0.5) is 0 Å². The zero-order valence-corrected chi connectivity index (χ0v) is 13.7. The zero-order valence-electron chi connectivity index (χ0n) is 13.7. The van der Waals surface area contributed by atoms with Gasteiger partial charge in [0.2, 0.25) is 0 Å². The van der Waals surface area contributed by atoms with Gasteiger partial charge in [0, 0.05) is 25.5 Å². The number of rotatable bonds is 7. The van der Waals surface area contributed by atoms with E-state index in [1.54, 1.807) is 7.11 Å². The van der Waals surface area contributed by atoms with Crippen molar-refractivity contribution < 1.29 is 19.1 Å². The third-order valence-corrected chi connectivity index (χ3v) is 4.15. The van der Waals surface area contributed by atoms with Crippen LogP contribution in [0.1, 0.15) is 46.5 Å². The molecule has 0 heterocycles. The third kappa shape index (κ3) is 5.62. The smallest absolute Gasteiger partial charge is 0.330 e. The van der Waals surface area contributed by atoms with Crippen LogP contribution in [0.15, 0.2) is 12.7 Å². The second-order valence-corrected chi connectivity index (χ2v) is 7.28. The fraction of sp³-hybridized carbons (Fsp3) is 0.765. The maximum Gasteiger partial charge on any atom is 0.330 e. The second-order valence-electron chi connectivity index (χ2n) is 7.28. The lowest BCUT2D eigenvalue weighted by molar-refractivity contribution is -0.139. The summed E-state index contributed by atoms with van der Waals surface area (Å²) in [6.45, 7) is 10.7. The minimum Gasteiger partial charge on any atom is -0.462 e. The van der Waals surface area contributed by atoms with Crippen LogP contribution < -0.4 is 0 Å². The first-order valence-electron chi connectivity index (χ1n) is 7.52. The van der Waals surface area contributed by atoms with E-state index in [1.165, 1.54) is 0 Å². The number of hydrogen-bond acceptors (Lipinski definition) is 4. The van der Waals surface area contributed by atoms with Crippen molar-refractivity contribution >= 4 is 11.8 Å². The number of ketones is 1. The Bertz CT molecular complexity index is 400. The van der Waals surface area contributed by atoms with E-state index in [0.29, 0.717) is 6.61 Å². The zero-order chi connectivity index (χ0) is 16.1. The van der Waals surface area contributed by atoms with Crippen molar-refractivity contribution in [2.45, 2.75) is 46.5 Å². The monoisotopic (exact) mass is 296 g/mol. The van der Waals surface area contributed by atoms with Crippen LogP contribution in [0, 0.1) is 16.7 Å². The SMILES string of the molecule is C=CC(=O)OCCC(=O)C1CC(C)(C)CC(C)(COC)C1. The number of methoxy groups -OCH3 is 1. The van der Waals surface area contributed by atoms with Crippen LogP contribution >= 0.6 is 0 Å². The van der Waals surface area contributed by atoms with E-state index in [0.717, 1.165) is 25.3 Å². The Labute approximate surface area is 127 Å². The highest BCUT2D eigenvalue weighted by molar-refractivity contribution is 5.83. The van der Waals surface area contributed by atoms with E-state index in [4.69, 9.17) is 9.47 Å². The molecule has 1 saturated carbocycles. The van der Waals surface area contributed by atoms with E-state index in [9.17, 15) is 9.59 Å². The normalized spacial score (nSPS) is 27.9. The molecule has 0 aromatic rings. The van der Waals surface area contributed by atoms with Gasteiger partial charge in [0.1, 0.15) is 5.78 Å². The largest absolute Gasteiger partial charge is 0.462 e. The van der Waals surface area contributed by atoms with Crippen molar-refractivity contribution in [2.75, 3.05) is 20.3 Å². The van der Waals surface area contributed by atoms with Gasteiger partial charge in [-0.3, -0.25) is 4.79 Å². The molecule has 0 radical (unpaired) electrons. The van der Waals surface area contributed by atoms with Gasteiger partial charge in [-0.15, -0.1) is 0 Å². The summed E-state index contributed by atoms with van der Waals surface area (Å²) in [6.07, 6.45) is 4.19. The van der Waals surface area contributed by atoms with Gasteiger partial charge < -0.3 is 9.47 Å². The maximum atomic E-state index is 12.4. The van der Waals surface area contributed by atoms with Crippen molar-refractivity contribution in [3.63, 3.8) is 0 Å². The number of hydrogen-bond donors (Lipinski definition) is 0. The molecule has 0 aliphatic heterocycles. The summed E-state index contributed by atoms with van der Waals surface area (Å²) in [7, 11) is 1.71. The molecule has 1 rings (SSSR count). The molecule has 4 heteroatoms. The van der Waals surface area contributed by atoms with Gasteiger partial charge in [-0.2, -0.15) is 0 Å². The van der Waals surface area contributed by atoms with Gasteiger partial charge >= 0.3 is 5.97 Å². The molecule has 0 bridgehead atoms. The van der Waals surface area contributed by atoms with E-state index in [1.807, 2.05) is 0 Å². The molecular formula is C17H28O4. The molecule has 1 fully saturated rings. The first kappa shape index (κ1) is 17.9. The molecule has 2 atom stereocenters. The molecule has 0 saturated heterocycles. The highest BCUT2D eigenvalue weighted by atomic mass is 16.5. The van der Waals surface area contributed by atoms with E-state index < -0.39 is 5.97 Å². The molecule has 120 valence electrons. The summed E-state index contributed by atoms with van der Waals surface area (Å²) in [4.78, 5) is 23.4. The Hall–Kier alpha value is -1.16. The Morgan fingerprint density at radius 3 is 2.52 bits per heavy atom. The van der Waals surface area contributed by atoms with Crippen LogP contribution in [0.5, 0.6) is 0 Å². The number of carbonyl (C=O) groups excluding carboxylic acids is 2. The summed E-state index contributed by atoms with van der Waals surface area (Å²) >= 11 is 0. The van der Waals surface area contributed by atoms with Gasteiger partial charge in [0.25, 0.3) is 0 Å². The summed E-state index contributed by atoms with van der Waals surface area (Å²) in [6, 6.07) is 0. The topological polar surface area (TPSA) is 52.6 Å². The Balaban J connectivity index is 2.61. The van der Waals surface area contributed by atoms with Crippen LogP contribution in [-0.2, 0) is 19.1 Å². The van der Waals surface area contributed by atoms with Crippen molar-refractivity contribution in [3.8, 4) is 0 Å². The van der Waals surface area contributed by atoms with Crippen molar-refractivity contribution in [3.05, 3.63) is 12.7 Å². The standard InChI is InChI=1S/C17H28O4/c1-6-15(19)21-8-7-14(18)13-9-16(2,3)11-17(4,10-13)12-20-5/h6,13H,1,7-12H2,2-5H3. The molecule has 4 nitrogen and oxygen atoms in total. The summed E-state index contributed by atoms with van der Waals surface area (Å²) in [5.41, 5.74) is 0.165. The third-order valence-electron chi connectivity index (χ3n) is 4.15. The van der Waals surface area contributed by atoms with Gasteiger partial charge in [0.05, 0.1) is 13.2 Å². The highest BCUT2D eigenvalue weighted by Crippen LogP contribution is 2.49. The predicted octanol–water partition coefficient (Wildman–Crippen LogP) is 3.15. The van der Waals surface area contributed by atoms with Gasteiger partial charge in [-0.25, -0.2) is 4.79 Å². The van der Waals surface area contributed by atoms with Crippen LogP contribution in [0.3, 0.4) is 0 Å². The molecule has 0 spiro atoms. The lowest BCUT2D eigenvalue weighted by atomic mass is 9.60. The maximum absolute atomic E-state index is 12.4. The molecule has 0 aromatic carbocycles. The number of esters is 1. The van der Waals surface area contributed by atoms with Crippen LogP contribution in [-0.4, -0.2) is 32.1 Å². The Kier molecular flexibility index (Phi) is 6.14.